The van der Waals surface area contributed by atoms with E-state index in [2.05, 4.69) is 53.4 Å². The second kappa shape index (κ2) is 9.93. The summed E-state index contributed by atoms with van der Waals surface area (Å²) in [6.07, 6.45) is 12.1. The van der Waals surface area contributed by atoms with E-state index in [4.69, 9.17) is 4.74 Å². The highest BCUT2D eigenvalue weighted by Crippen LogP contribution is 2.76. The third kappa shape index (κ3) is 3.95. The molecule has 5 heteroatoms. The highest BCUT2D eigenvalue weighted by atomic mass is 16.5. The molecular weight excluding hydrogens is 522 g/mol. The lowest BCUT2D eigenvalue weighted by Gasteiger charge is -2.70. The monoisotopic (exact) mass is 579 g/mol. The lowest BCUT2D eigenvalue weighted by Crippen LogP contribution is -2.64. The fraction of sp³-hybridized carbons (Fsp3) is 0.865. The Kier molecular flexibility index (Phi) is 7.18. The molecule has 5 nitrogen and oxygen atoms in total. The van der Waals surface area contributed by atoms with Crippen molar-refractivity contribution in [2.24, 2.45) is 50.7 Å². The van der Waals surface area contributed by atoms with Crippen molar-refractivity contribution in [2.75, 3.05) is 13.1 Å². The Bertz CT molecular complexity index is 1190. The number of fused-ring (bicyclic) bond motifs is 6. The molecule has 0 radical (unpaired) electrons. The van der Waals surface area contributed by atoms with Crippen molar-refractivity contribution < 1.29 is 19.1 Å². The number of Topliss-reactive ketones (excluding diaryl/α,β-unsaturated/α-hetero) is 1. The smallest absolute Gasteiger partial charge is 0.302 e. The van der Waals surface area contributed by atoms with Crippen LogP contribution in [0, 0.1) is 50.7 Å². The molecular formula is C37H57NO4. The molecule has 4 saturated carbocycles. The molecule has 1 heterocycles. The van der Waals surface area contributed by atoms with Gasteiger partial charge in [0.25, 0.3) is 0 Å². The van der Waals surface area contributed by atoms with Crippen LogP contribution in [0.25, 0.3) is 0 Å². The first-order valence-corrected chi connectivity index (χ1v) is 17.4. The Balaban J connectivity index is 1.43. The molecule has 1 amide bonds. The first-order valence-electron chi connectivity index (χ1n) is 17.4. The molecule has 0 spiro atoms. The number of piperidine rings is 1. The third-order valence-electron chi connectivity index (χ3n) is 14.7. The van der Waals surface area contributed by atoms with Crippen LogP contribution in [0.5, 0.6) is 0 Å². The van der Waals surface area contributed by atoms with Gasteiger partial charge in [0.1, 0.15) is 11.9 Å². The second-order valence-corrected chi connectivity index (χ2v) is 17.1. The minimum absolute atomic E-state index is 0.000452. The van der Waals surface area contributed by atoms with Gasteiger partial charge in [0.05, 0.1) is 5.41 Å². The summed E-state index contributed by atoms with van der Waals surface area (Å²) in [5, 5.41) is 0. The van der Waals surface area contributed by atoms with Crippen LogP contribution >= 0.6 is 0 Å². The van der Waals surface area contributed by atoms with Crippen LogP contribution in [0.15, 0.2) is 11.1 Å². The zero-order valence-corrected chi connectivity index (χ0v) is 27.9. The van der Waals surface area contributed by atoms with Gasteiger partial charge in [-0.2, -0.15) is 0 Å². The van der Waals surface area contributed by atoms with E-state index in [9.17, 15) is 14.4 Å². The molecule has 1 unspecified atom stereocenters. The van der Waals surface area contributed by atoms with Gasteiger partial charge in [-0.1, -0.05) is 54.0 Å². The van der Waals surface area contributed by atoms with Crippen LogP contribution < -0.4 is 0 Å². The highest BCUT2D eigenvalue weighted by Gasteiger charge is 2.70. The van der Waals surface area contributed by atoms with E-state index in [0.717, 1.165) is 77.3 Å². The van der Waals surface area contributed by atoms with Crippen LogP contribution in [-0.2, 0) is 19.1 Å². The van der Waals surface area contributed by atoms with Gasteiger partial charge in [0.2, 0.25) is 5.91 Å². The maximum atomic E-state index is 14.5. The van der Waals surface area contributed by atoms with Crippen molar-refractivity contribution in [3.05, 3.63) is 11.1 Å². The van der Waals surface area contributed by atoms with Crippen molar-refractivity contribution in [1.29, 1.82) is 0 Å². The van der Waals surface area contributed by atoms with Crippen LogP contribution in [0.4, 0.5) is 0 Å². The summed E-state index contributed by atoms with van der Waals surface area (Å²) < 4.78 is 5.93. The van der Waals surface area contributed by atoms with E-state index < -0.39 is 5.41 Å². The summed E-state index contributed by atoms with van der Waals surface area (Å²) in [6, 6.07) is 0. The number of rotatable bonds is 3. The highest BCUT2D eigenvalue weighted by molar-refractivity contribution is 6.00. The zero-order valence-electron chi connectivity index (χ0n) is 27.9. The SMILES string of the molecule is CC(=O)O[C@H]1CC[C@]2(C)[C@H]3CCC4=C5C(C(C)C)C(=O)C[C@]5(C(=O)N5CCCCC5)CC[C@@]4(C)[C@]3(C)CC[C@H]2C1(C)C. The van der Waals surface area contributed by atoms with Crippen LogP contribution in [0.1, 0.15) is 132 Å². The van der Waals surface area contributed by atoms with Crippen molar-refractivity contribution in [2.45, 2.75) is 139 Å². The minimum atomic E-state index is -0.605. The van der Waals surface area contributed by atoms with Gasteiger partial charge in [-0.3, -0.25) is 14.4 Å². The summed E-state index contributed by atoms with van der Waals surface area (Å²) in [5.74, 6) is 1.63. The fourth-order valence-corrected chi connectivity index (χ4v) is 12.6. The predicted molar refractivity (Wildman–Crippen MR) is 165 cm³/mol. The van der Waals surface area contributed by atoms with Crippen LogP contribution in [0.3, 0.4) is 0 Å². The summed E-state index contributed by atoms with van der Waals surface area (Å²) in [5.41, 5.74) is 2.45. The van der Waals surface area contributed by atoms with E-state index in [-0.39, 0.29) is 51.5 Å². The number of hydrogen-bond acceptors (Lipinski definition) is 4. The average Bonchev–Trinajstić information content (AvgIpc) is 3.24. The van der Waals surface area contributed by atoms with Gasteiger partial charge < -0.3 is 9.64 Å². The maximum Gasteiger partial charge on any atom is 0.302 e. The molecule has 0 aromatic rings. The number of ketones is 1. The van der Waals surface area contributed by atoms with Crippen LogP contribution in [-0.4, -0.2) is 41.8 Å². The van der Waals surface area contributed by atoms with E-state index >= 15 is 0 Å². The Hall–Kier alpha value is -1.65. The first-order chi connectivity index (χ1) is 19.6. The number of allylic oxidation sites excluding steroid dienone is 1. The molecule has 8 atom stereocenters. The number of amides is 1. The molecule has 234 valence electrons. The largest absolute Gasteiger partial charge is 0.462 e. The molecule has 5 aliphatic carbocycles. The number of hydrogen-bond donors (Lipinski definition) is 0. The van der Waals surface area contributed by atoms with E-state index in [0.29, 0.717) is 24.0 Å². The first kappa shape index (κ1) is 30.4. The number of carbonyl (C=O) groups is 3. The molecule has 5 fully saturated rings. The van der Waals surface area contributed by atoms with Gasteiger partial charge in [-0.15, -0.1) is 0 Å². The Labute approximate surface area is 255 Å². The Morgan fingerprint density at radius 2 is 1.57 bits per heavy atom. The molecule has 0 bridgehead atoms. The maximum absolute atomic E-state index is 14.5. The molecule has 1 saturated heterocycles. The van der Waals surface area contributed by atoms with Gasteiger partial charge in [0.15, 0.2) is 0 Å². The molecule has 0 aromatic heterocycles. The minimum Gasteiger partial charge on any atom is -0.462 e. The van der Waals surface area contributed by atoms with Crippen molar-refractivity contribution in [3.8, 4) is 0 Å². The van der Waals surface area contributed by atoms with Crippen molar-refractivity contribution in [3.63, 3.8) is 0 Å². The lowest BCUT2D eigenvalue weighted by atomic mass is 9.34. The summed E-state index contributed by atoms with van der Waals surface area (Å²) in [6.45, 7) is 20.0. The zero-order chi connectivity index (χ0) is 30.5. The standard InChI is InChI=1S/C37H57NO4/c1-23(2)30-26(40)22-37(32(41)38-20-10-9-11-21-38)19-18-35(7)25(31(30)37)12-13-28-34(6)16-15-29(42-24(3)39)33(4,5)27(34)14-17-36(28,35)8/h23,27-30H,9-22H2,1-8H3/t27-,28+,29-,30?,34-,35+,36+,37+/m0/s1. The van der Waals surface area contributed by atoms with Crippen LogP contribution in [0.2, 0.25) is 0 Å². The summed E-state index contributed by atoms with van der Waals surface area (Å²) in [4.78, 5) is 42.6. The van der Waals surface area contributed by atoms with E-state index in [1.54, 1.807) is 6.92 Å². The van der Waals surface area contributed by atoms with Crippen molar-refractivity contribution >= 4 is 17.7 Å². The number of esters is 1. The third-order valence-corrected chi connectivity index (χ3v) is 14.7. The Morgan fingerprint density at radius 1 is 0.881 bits per heavy atom. The molecule has 6 rings (SSSR count). The molecule has 42 heavy (non-hydrogen) atoms. The van der Waals surface area contributed by atoms with E-state index in [1.807, 2.05) is 0 Å². The second-order valence-electron chi connectivity index (χ2n) is 17.1. The summed E-state index contributed by atoms with van der Waals surface area (Å²) >= 11 is 0. The quantitative estimate of drug-likeness (QED) is 0.252. The molecule has 1 aliphatic heterocycles. The van der Waals surface area contributed by atoms with E-state index in [1.165, 1.54) is 17.6 Å². The normalized spacial score (nSPS) is 44.7. The number of ether oxygens (including phenoxy) is 1. The number of nitrogens with zero attached hydrogens (tertiary/aromatic N) is 1. The Morgan fingerprint density at radius 3 is 2.21 bits per heavy atom. The predicted octanol–water partition coefficient (Wildman–Crippen LogP) is 7.91. The van der Waals surface area contributed by atoms with Gasteiger partial charge >= 0.3 is 5.97 Å². The molecule has 0 aromatic carbocycles. The van der Waals surface area contributed by atoms with Gasteiger partial charge in [-0.25, -0.2) is 0 Å². The summed E-state index contributed by atoms with van der Waals surface area (Å²) in [7, 11) is 0. The molecule has 0 N–H and O–H groups in total. The average molecular weight is 580 g/mol. The lowest BCUT2D eigenvalue weighted by molar-refractivity contribution is -0.213. The number of likely N-dealkylation sites (tertiary alicyclic amines) is 1. The topological polar surface area (TPSA) is 63.7 Å². The fourth-order valence-electron chi connectivity index (χ4n) is 12.6. The van der Waals surface area contributed by atoms with Gasteiger partial charge in [-0.05, 0) is 110 Å². The number of carbonyl (C=O) groups excluding carboxylic acids is 3. The van der Waals surface area contributed by atoms with Gasteiger partial charge in [0, 0.05) is 37.8 Å². The molecule has 6 aliphatic rings. The van der Waals surface area contributed by atoms with Crippen molar-refractivity contribution in [1.82, 2.24) is 4.90 Å².